The summed E-state index contributed by atoms with van der Waals surface area (Å²) in [6, 6.07) is 1.36. The van der Waals surface area contributed by atoms with Crippen LogP contribution in [0.15, 0.2) is 35.3 Å². The number of fused-ring (bicyclic) bond motifs is 1. The van der Waals surface area contributed by atoms with Crippen molar-refractivity contribution < 1.29 is 41.0 Å². The van der Waals surface area contributed by atoms with Crippen molar-refractivity contribution in [3.8, 4) is 0 Å². The van der Waals surface area contributed by atoms with Gasteiger partial charge in [-0.1, -0.05) is 18.3 Å². The number of carbonyl (C=O) groups excluding carboxylic acids is 1. The lowest BCUT2D eigenvalue weighted by Gasteiger charge is -2.14. The molecule has 1 heterocycles. The minimum absolute atomic E-state index is 0.0143. The van der Waals surface area contributed by atoms with E-state index in [9.17, 15) is 41.0 Å². The first-order chi connectivity index (χ1) is 14.4. The van der Waals surface area contributed by atoms with E-state index in [0.29, 0.717) is 35.6 Å². The lowest BCUT2D eigenvalue weighted by molar-refractivity contribution is -0.141. The van der Waals surface area contributed by atoms with Gasteiger partial charge < -0.3 is 9.67 Å². The zero-order valence-electron chi connectivity index (χ0n) is 15.5. The van der Waals surface area contributed by atoms with Crippen LogP contribution in [0.5, 0.6) is 0 Å². The zero-order chi connectivity index (χ0) is 23.1. The fourth-order valence-electron chi connectivity index (χ4n) is 2.97. The van der Waals surface area contributed by atoms with Crippen LogP contribution in [0.3, 0.4) is 0 Å². The van der Waals surface area contributed by atoms with Gasteiger partial charge in [0.2, 0.25) is 0 Å². The van der Waals surface area contributed by atoms with Crippen LogP contribution < -0.4 is 4.80 Å². The molecule has 164 valence electrons. The molecule has 1 aromatic heterocycles. The largest absolute Gasteiger partial charge is 0.480 e. The molecular weight excluding hydrogens is 450 g/mol. The standard InChI is InChI=1S/C19H12F6N2O3S/c1-2-13(17(29)30)27-14-6-11(21)12(22)7-15(14)31-18(27)26-16(28)9-5-8(20)3-4-10(9)19(23,24)25/h3-7,13H,2H2,1H3,(H,29,30)/b26-18-. The Morgan fingerprint density at radius 1 is 1.13 bits per heavy atom. The van der Waals surface area contributed by atoms with Crippen LogP contribution in [-0.2, 0) is 11.0 Å². The van der Waals surface area contributed by atoms with Gasteiger partial charge >= 0.3 is 12.1 Å². The van der Waals surface area contributed by atoms with Crippen molar-refractivity contribution >= 4 is 33.4 Å². The number of thiazole rings is 1. The third kappa shape index (κ3) is 4.33. The highest BCUT2D eigenvalue weighted by atomic mass is 32.1. The zero-order valence-corrected chi connectivity index (χ0v) is 16.3. The second-order valence-corrected chi connectivity index (χ2v) is 7.36. The van der Waals surface area contributed by atoms with Crippen molar-refractivity contribution in [2.24, 2.45) is 4.99 Å². The van der Waals surface area contributed by atoms with E-state index in [2.05, 4.69) is 4.99 Å². The Morgan fingerprint density at radius 2 is 1.77 bits per heavy atom. The molecular formula is C19H12F6N2O3S. The second-order valence-electron chi connectivity index (χ2n) is 6.36. The summed E-state index contributed by atoms with van der Waals surface area (Å²) in [6.45, 7) is 1.47. The number of carboxylic acid groups (broad SMARTS) is 1. The number of aromatic nitrogens is 1. The Balaban J connectivity index is 2.31. The predicted octanol–water partition coefficient (Wildman–Crippen LogP) is 4.92. The van der Waals surface area contributed by atoms with Crippen LogP contribution in [0.2, 0.25) is 0 Å². The number of hydrogen-bond donors (Lipinski definition) is 1. The van der Waals surface area contributed by atoms with Gasteiger partial charge in [0.1, 0.15) is 11.9 Å². The molecule has 1 atom stereocenters. The summed E-state index contributed by atoms with van der Waals surface area (Å²) in [6.07, 6.45) is -5.04. The summed E-state index contributed by atoms with van der Waals surface area (Å²) in [5.41, 5.74) is -2.63. The third-order valence-corrected chi connectivity index (χ3v) is 5.38. The van der Waals surface area contributed by atoms with Crippen molar-refractivity contribution in [1.82, 2.24) is 4.57 Å². The van der Waals surface area contributed by atoms with Crippen molar-refractivity contribution in [1.29, 1.82) is 0 Å². The molecule has 1 N–H and O–H groups in total. The summed E-state index contributed by atoms with van der Waals surface area (Å²) in [5, 5.41) is 9.48. The highest BCUT2D eigenvalue weighted by Gasteiger charge is 2.35. The van der Waals surface area contributed by atoms with E-state index in [1.807, 2.05) is 0 Å². The van der Waals surface area contributed by atoms with Gasteiger partial charge in [-0.2, -0.15) is 18.2 Å². The number of alkyl halides is 3. The number of nitrogens with zero attached hydrogens (tertiary/aromatic N) is 2. The summed E-state index contributed by atoms with van der Waals surface area (Å²) in [5.74, 6) is -6.53. The maximum atomic E-state index is 13.8. The average Bonchev–Trinajstić information content (AvgIpc) is 2.98. The highest BCUT2D eigenvalue weighted by molar-refractivity contribution is 7.16. The van der Waals surface area contributed by atoms with E-state index < -0.39 is 57.5 Å². The highest BCUT2D eigenvalue weighted by Crippen LogP contribution is 2.33. The first kappa shape index (κ1) is 22.5. The minimum Gasteiger partial charge on any atom is -0.480 e. The Bertz CT molecular complexity index is 1260. The second kappa shape index (κ2) is 8.17. The first-order valence-electron chi connectivity index (χ1n) is 8.62. The maximum Gasteiger partial charge on any atom is 0.417 e. The SMILES string of the molecule is CCC(C(=O)O)n1/c(=N/C(=O)c2cc(F)ccc2C(F)(F)F)sc2cc(F)c(F)cc21. The Hall–Kier alpha value is -3.15. The maximum absolute atomic E-state index is 13.8. The molecule has 0 fully saturated rings. The number of aliphatic carboxylic acids is 1. The van der Waals surface area contributed by atoms with Crippen molar-refractivity contribution in [2.45, 2.75) is 25.6 Å². The van der Waals surface area contributed by atoms with E-state index in [1.165, 1.54) is 6.92 Å². The van der Waals surface area contributed by atoms with E-state index >= 15 is 0 Å². The number of benzene rings is 2. The van der Waals surface area contributed by atoms with Crippen LogP contribution >= 0.6 is 11.3 Å². The number of rotatable bonds is 4. The first-order valence-corrected chi connectivity index (χ1v) is 9.44. The lowest BCUT2D eigenvalue weighted by Crippen LogP contribution is -2.27. The molecule has 1 amide bonds. The van der Waals surface area contributed by atoms with E-state index in [-0.39, 0.29) is 16.6 Å². The van der Waals surface area contributed by atoms with E-state index in [1.54, 1.807) is 0 Å². The molecule has 0 radical (unpaired) electrons. The molecule has 0 aliphatic carbocycles. The Labute approximate surface area is 173 Å². The Kier molecular flexibility index (Phi) is 5.94. The topological polar surface area (TPSA) is 71.7 Å². The molecule has 5 nitrogen and oxygen atoms in total. The van der Waals surface area contributed by atoms with Crippen LogP contribution in [0.1, 0.15) is 35.3 Å². The lowest BCUT2D eigenvalue weighted by atomic mass is 10.1. The summed E-state index contributed by atoms with van der Waals surface area (Å²) in [4.78, 5) is 27.3. The summed E-state index contributed by atoms with van der Waals surface area (Å²) in [7, 11) is 0. The molecule has 0 spiro atoms. The molecule has 3 aromatic rings. The van der Waals surface area contributed by atoms with Crippen molar-refractivity contribution in [3.05, 3.63) is 63.7 Å². The van der Waals surface area contributed by atoms with Crippen LogP contribution in [0.4, 0.5) is 26.3 Å². The fraction of sp³-hybridized carbons (Fsp3) is 0.211. The molecule has 0 aliphatic rings. The third-order valence-electron chi connectivity index (χ3n) is 4.37. The molecule has 12 heteroatoms. The molecule has 3 rings (SSSR count). The van der Waals surface area contributed by atoms with Gasteiger partial charge in [-0.25, -0.2) is 18.0 Å². The number of hydrogen-bond acceptors (Lipinski definition) is 3. The number of amides is 1. The monoisotopic (exact) mass is 462 g/mol. The van der Waals surface area contributed by atoms with Gasteiger partial charge in [0.15, 0.2) is 16.4 Å². The van der Waals surface area contributed by atoms with E-state index in [0.717, 1.165) is 10.6 Å². The smallest absolute Gasteiger partial charge is 0.417 e. The Morgan fingerprint density at radius 3 is 2.35 bits per heavy atom. The van der Waals surface area contributed by atoms with Gasteiger partial charge in [0.25, 0.3) is 5.91 Å². The molecule has 0 saturated heterocycles. The molecule has 0 saturated carbocycles. The number of halogens is 6. The normalized spacial score (nSPS) is 13.6. The van der Waals surface area contributed by atoms with Crippen molar-refractivity contribution in [3.63, 3.8) is 0 Å². The summed E-state index contributed by atoms with van der Waals surface area (Å²) < 4.78 is 81.5. The number of carbonyl (C=O) groups is 2. The van der Waals surface area contributed by atoms with Crippen LogP contribution in [0, 0.1) is 17.5 Å². The van der Waals surface area contributed by atoms with Gasteiger partial charge in [-0.3, -0.25) is 4.79 Å². The summed E-state index contributed by atoms with van der Waals surface area (Å²) >= 11 is 0.579. The fourth-order valence-corrected chi connectivity index (χ4v) is 4.05. The molecule has 31 heavy (non-hydrogen) atoms. The molecule has 0 bridgehead atoms. The number of carboxylic acids is 1. The minimum atomic E-state index is -4.98. The van der Waals surface area contributed by atoms with Gasteiger partial charge in [0.05, 0.1) is 21.3 Å². The molecule has 2 aromatic carbocycles. The molecule has 0 aliphatic heterocycles. The van der Waals surface area contributed by atoms with Gasteiger partial charge in [-0.05, 0) is 30.7 Å². The quantitative estimate of drug-likeness (QED) is 0.560. The molecule has 1 unspecified atom stereocenters. The predicted molar refractivity (Wildman–Crippen MR) is 98.0 cm³/mol. The van der Waals surface area contributed by atoms with Crippen LogP contribution in [0.25, 0.3) is 10.2 Å². The van der Waals surface area contributed by atoms with Gasteiger partial charge in [0, 0.05) is 6.07 Å². The average molecular weight is 462 g/mol. The van der Waals surface area contributed by atoms with Crippen molar-refractivity contribution in [2.75, 3.05) is 0 Å². The van der Waals surface area contributed by atoms with Gasteiger partial charge in [-0.15, -0.1) is 0 Å². The van der Waals surface area contributed by atoms with Crippen LogP contribution in [-0.4, -0.2) is 21.6 Å². The van der Waals surface area contributed by atoms with E-state index in [4.69, 9.17) is 0 Å².